The van der Waals surface area contributed by atoms with Crippen LogP contribution in [0.25, 0.3) is 0 Å². The number of benzene rings is 2. The molecule has 2 aromatic rings. The van der Waals surface area contributed by atoms with Crippen LogP contribution < -0.4 is 9.47 Å². The van der Waals surface area contributed by atoms with Gasteiger partial charge in [-0.1, -0.05) is 0 Å². The lowest BCUT2D eigenvalue weighted by Crippen LogP contribution is -2.33. The van der Waals surface area contributed by atoms with Crippen molar-refractivity contribution in [3.05, 3.63) is 47.0 Å². The molecule has 0 N–H and O–H groups in total. The number of aryl methyl sites for hydroxylation is 2. The highest BCUT2D eigenvalue weighted by molar-refractivity contribution is 9.35. The molecule has 0 saturated carbocycles. The maximum absolute atomic E-state index is 14.4. The van der Waals surface area contributed by atoms with Gasteiger partial charge in [0.1, 0.15) is 0 Å². The van der Waals surface area contributed by atoms with Gasteiger partial charge >= 0.3 is 12.2 Å². The molecule has 0 bridgehead atoms. The van der Waals surface area contributed by atoms with Gasteiger partial charge in [-0.3, -0.25) is 0 Å². The lowest BCUT2D eigenvalue weighted by molar-refractivity contribution is 0.154. The Hall–Kier alpha value is -1.41. The van der Waals surface area contributed by atoms with Gasteiger partial charge in [0.05, 0.1) is 0 Å². The fourth-order valence-electron chi connectivity index (χ4n) is 3.00. The first-order valence-electron chi connectivity index (χ1n) is 11.5. The Balaban J connectivity index is 1.96. The Morgan fingerprint density at radius 3 is 1.35 bits per heavy atom. The topological polar surface area (TPSA) is 59.1 Å². The number of hydrogen-bond acceptors (Lipinski definition) is 9. The Morgan fingerprint density at radius 2 is 1.03 bits per heavy atom. The van der Waals surface area contributed by atoms with Crippen LogP contribution in [0.5, 0.6) is 11.5 Å². The van der Waals surface area contributed by atoms with E-state index in [0.717, 1.165) is 20.9 Å². The van der Waals surface area contributed by atoms with E-state index in [2.05, 4.69) is 0 Å². The molecule has 13 heteroatoms. The zero-order chi connectivity index (χ0) is 27.5. The fraction of sp³-hybridized carbons (Fsp3) is 0.417. The van der Waals surface area contributed by atoms with Gasteiger partial charge in [-0.05, 0) is 128 Å². The summed E-state index contributed by atoms with van der Waals surface area (Å²) >= 11 is 0. The van der Waals surface area contributed by atoms with Crippen molar-refractivity contribution in [3.8, 4) is 11.5 Å². The van der Waals surface area contributed by atoms with Crippen molar-refractivity contribution in [3.63, 3.8) is 0 Å². The van der Waals surface area contributed by atoms with Crippen LogP contribution >= 0.6 is 51.1 Å². The van der Waals surface area contributed by atoms with Crippen LogP contribution in [0.3, 0.4) is 0 Å². The third-order valence-electron chi connectivity index (χ3n) is 5.20. The van der Waals surface area contributed by atoms with E-state index in [1.807, 2.05) is 27.7 Å². The summed E-state index contributed by atoms with van der Waals surface area (Å²) in [6.07, 6.45) is -1.18. The number of rotatable bonds is 12. The van der Waals surface area contributed by atoms with Crippen molar-refractivity contribution in [2.45, 2.75) is 51.3 Å². The molecule has 0 fully saturated rings. The molecular formula is C24H30F2N2O4S5. The lowest BCUT2D eigenvalue weighted by Gasteiger charge is -2.18. The Bertz CT molecular complexity index is 1000. The number of nitrogens with zero attached hydrogens (tertiary/aromatic N) is 2. The van der Waals surface area contributed by atoms with Crippen molar-refractivity contribution in [1.82, 2.24) is 9.80 Å². The number of carbonyl (C=O) groups is 2. The zero-order valence-corrected chi connectivity index (χ0v) is 25.5. The van der Waals surface area contributed by atoms with E-state index >= 15 is 0 Å². The summed E-state index contributed by atoms with van der Waals surface area (Å²) < 4.78 is 39.3. The Kier molecular flexibility index (Phi) is 13.6. The second kappa shape index (κ2) is 15.9. The Morgan fingerprint density at radius 1 is 0.676 bits per heavy atom. The second-order valence-corrected chi connectivity index (χ2v) is 15.1. The Labute approximate surface area is 235 Å². The highest BCUT2D eigenvalue weighted by atomic mass is 33.8. The highest BCUT2D eigenvalue weighted by Crippen LogP contribution is 2.54. The number of carbonyl (C=O) groups excluding carboxylic acids is 2. The minimum atomic E-state index is -0.589. The monoisotopic (exact) mass is 608 g/mol. The van der Waals surface area contributed by atoms with Crippen molar-refractivity contribution in [1.29, 1.82) is 0 Å². The first-order valence-corrected chi connectivity index (χ1v) is 17.7. The molecule has 0 radical (unpaired) electrons. The van der Waals surface area contributed by atoms with Crippen molar-refractivity contribution in [2.24, 2.45) is 0 Å². The van der Waals surface area contributed by atoms with Crippen LogP contribution in [0.1, 0.15) is 38.8 Å². The van der Waals surface area contributed by atoms with E-state index in [4.69, 9.17) is 9.47 Å². The summed E-state index contributed by atoms with van der Waals surface area (Å²) in [6.45, 7) is 12.8. The van der Waals surface area contributed by atoms with E-state index in [1.165, 1.54) is 85.1 Å². The average molecular weight is 609 g/mol. The minimum Gasteiger partial charge on any atom is -0.407 e. The predicted molar refractivity (Wildman–Crippen MR) is 155 cm³/mol. The maximum atomic E-state index is 14.4. The molecule has 0 spiro atoms. The summed E-state index contributed by atoms with van der Waals surface area (Å²) in [6, 6.07) is 5.76. The van der Waals surface area contributed by atoms with E-state index < -0.39 is 23.8 Å². The molecule has 0 atom stereocenters. The molecule has 2 aromatic carbocycles. The van der Waals surface area contributed by atoms with Crippen molar-refractivity contribution >= 4 is 63.3 Å². The number of halogens is 2. The van der Waals surface area contributed by atoms with Crippen LogP contribution in [-0.4, -0.2) is 48.2 Å². The number of amides is 2. The fourth-order valence-corrected chi connectivity index (χ4v) is 11.6. The molecule has 2 amide bonds. The molecule has 0 unspecified atom stereocenters. The molecule has 37 heavy (non-hydrogen) atoms. The SMILES string of the molecule is CCN(CC)C(=O)Oc1cc(SSSSSc2cc(OC(=O)N(CC)CC)c(F)cc2C)c(C)cc1F. The summed E-state index contributed by atoms with van der Waals surface area (Å²) in [7, 11) is 7.22. The molecule has 0 aromatic heterocycles. The summed E-state index contributed by atoms with van der Waals surface area (Å²) in [4.78, 5) is 28.9. The van der Waals surface area contributed by atoms with Gasteiger partial charge in [-0.15, -0.1) is 0 Å². The average Bonchev–Trinajstić information content (AvgIpc) is 2.85. The van der Waals surface area contributed by atoms with Crippen LogP contribution in [-0.2, 0) is 0 Å². The third-order valence-corrected chi connectivity index (χ3v) is 13.7. The molecule has 6 nitrogen and oxygen atoms in total. The van der Waals surface area contributed by atoms with E-state index in [1.54, 1.807) is 13.8 Å². The van der Waals surface area contributed by atoms with E-state index in [9.17, 15) is 18.4 Å². The first kappa shape index (κ1) is 31.8. The zero-order valence-electron chi connectivity index (χ0n) is 21.5. The smallest absolute Gasteiger partial charge is 0.407 e. The highest BCUT2D eigenvalue weighted by Gasteiger charge is 2.18. The van der Waals surface area contributed by atoms with Gasteiger partial charge < -0.3 is 19.3 Å². The van der Waals surface area contributed by atoms with Crippen LogP contribution in [0, 0.1) is 25.5 Å². The van der Waals surface area contributed by atoms with Gasteiger partial charge in [0.25, 0.3) is 0 Å². The van der Waals surface area contributed by atoms with Gasteiger partial charge in [0.2, 0.25) is 0 Å². The molecular weight excluding hydrogens is 579 g/mol. The standard InChI is InChI=1S/C24H30F2N2O4S5/c1-7-27(8-2)23(29)31-19-13-21(15(5)11-17(19)25)33-35-37-36-34-22-14-20(18(26)12-16(22)6)32-24(30)28(9-3)10-4/h11-14H,7-10H2,1-6H3. The second-order valence-electron chi connectivity index (χ2n) is 7.55. The largest absolute Gasteiger partial charge is 0.415 e. The summed E-state index contributed by atoms with van der Waals surface area (Å²) in [5, 5.41) is 0. The lowest BCUT2D eigenvalue weighted by atomic mass is 10.2. The predicted octanol–water partition coefficient (Wildman–Crippen LogP) is 9.01. The van der Waals surface area contributed by atoms with Gasteiger partial charge in [0, 0.05) is 36.0 Å². The quantitative estimate of drug-likeness (QED) is 0.173. The molecule has 204 valence electrons. The molecule has 0 heterocycles. The van der Waals surface area contributed by atoms with E-state index in [-0.39, 0.29) is 11.5 Å². The molecule has 0 aliphatic heterocycles. The van der Waals surface area contributed by atoms with Crippen LogP contribution in [0.2, 0.25) is 0 Å². The number of ether oxygens (including phenoxy) is 2. The van der Waals surface area contributed by atoms with Gasteiger partial charge in [-0.2, -0.15) is 0 Å². The molecule has 0 aliphatic carbocycles. The first-order chi connectivity index (χ1) is 17.6. The maximum Gasteiger partial charge on any atom is 0.415 e. The van der Waals surface area contributed by atoms with Crippen molar-refractivity contribution in [2.75, 3.05) is 26.2 Å². The summed E-state index contributed by atoms with van der Waals surface area (Å²) in [5.74, 6) is -1.39. The van der Waals surface area contributed by atoms with Gasteiger partial charge in [0.15, 0.2) is 23.1 Å². The molecule has 2 rings (SSSR count). The molecule has 0 aliphatic rings. The third kappa shape index (κ3) is 9.38. The molecule has 0 saturated heterocycles. The van der Waals surface area contributed by atoms with Crippen molar-refractivity contribution < 1.29 is 27.8 Å². The van der Waals surface area contributed by atoms with Crippen LogP contribution in [0.4, 0.5) is 18.4 Å². The normalized spacial score (nSPS) is 10.8. The van der Waals surface area contributed by atoms with E-state index in [0.29, 0.717) is 26.2 Å². The number of hydrogen-bond donors (Lipinski definition) is 0. The summed E-state index contributed by atoms with van der Waals surface area (Å²) in [5.41, 5.74) is 1.45. The van der Waals surface area contributed by atoms with Crippen LogP contribution in [0.15, 0.2) is 34.1 Å². The minimum absolute atomic E-state index is 0.105. The van der Waals surface area contributed by atoms with Gasteiger partial charge in [-0.25, -0.2) is 18.4 Å².